The Morgan fingerprint density at radius 1 is 1.27 bits per heavy atom. The molecule has 0 radical (unpaired) electrons. The molecule has 1 N–H and O–H groups in total. The third-order valence-electron chi connectivity index (χ3n) is 4.52. The molecule has 1 aliphatic carbocycles. The summed E-state index contributed by atoms with van der Waals surface area (Å²) in [6.07, 6.45) is 7.11. The van der Waals surface area contributed by atoms with Gasteiger partial charge < -0.3 is 10.1 Å². The number of thioether (sulfide) groups is 1. The molecule has 3 nitrogen and oxygen atoms in total. The topological polar surface area (TPSA) is 38.3 Å². The van der Waals surface area contributed by atoms with Crippen LogP contribution < -0.4 is 5.32 Å². The van der Waals surface area contributed by atoms with Crippen molar-refractivity contribution in [1.82, 2.24) is 5.32 Å². The summed E-state index contributed by atoms with van der Waals surface area (Å²) in [5.41, 5.74) is 0.0551. The van der Waals surface area contributed by atoms with E-state index < -0.39 is 0 Å². The van der Waals surface area contributed by atoms with Gasteiger partial charge in [-0.05, 0) is 43.5 Å². The summed E-state index contributed by atoms with van der Waals surface area (Å²) < 4.78 is 6.03. The van der Waals surface area contributed by atoms with Gasteiger partial charge in [0, 0.05) is 9.92 Å². The Hall–Kier alpha value is -0.710. The number of halogens is 1. The molecule has 22 heavy (non-hydrogen) atoms. The molecule has 1 aromatic carbocycles. The van der Waals surface area contributed by atoms with Crippen molar-refractivity contribution in [3.8, 4) is 0 Å². The highest BCUT2D eigenvalue weighted by Crippen LogP contribution is 2.39. The summed E-state index contributed by atoms with van der Waals surface area (Å²) >= 11 is 7.39. The van der Waals surface area contributed by atoms with E-state index in [0.717, 1.165) is 29.2 Å². The lowest BCUT2D eigenvalue weighted by molar-refractivity contribution is -0.119. The second-order valence-electron chi connectivity index (χ2n) is 6.27. The maximum Gasteiger partial charge on any atom is 0.230 e. The molecule has 120 valence electrons. The fourth-order valence-corrected chi connectivity index (χ4v) is 4.27. The number of benzene rings is 1. The smallest absolute Gasteiger partial charge is 0.230 e. The van der Waals surface area contributed by atoms with Crippen molar-refractivity contribution >= 4 is 29.3 Å². The van der Waals surface area contributed by atoms with Crippen molar-refractivity contribution < 1.29 is 9.53 Å². The van der Waals surface area contributed by atoms with E-state index in [1.54, 1.807) is 0 Å². The van der Waals surface area contributed by atoms with Crippen LogP contribution in [0.1, 0.15) is 38.5 Å². The average molecular weight is 340 g/mol. The molecule has 1 amide bonds. The van der Waals surface area contributed by atoms with Crippen LogP contribution in [0.3, 0.4) is 0 Å². The number of nitrogens with one attached hydrogen (secondary N) is 1. The summed E-state index contributed by atoms with van der Waals surface area (Å²) in [5, 5.41) is 3.84. The van der Waals surface area contributed by atoms with Crippen molar-refractivity contribution in [2.75, 3.05) is 12.4 Å². The summed E-state index contributed by atoms with van der Waals surface area (Å²) in [7, 11) is 0. The van der Waals surface area contributed by atoms with Crippen molar-refractivity contribution in [3.63, 3.8) is 0 Å². The Morgan fingerprint density at radius 2 is 2.00 bits per heavy atom. The van der Waals surface area contributed by atoms with Gasteiger partial charge in [0.25, 0.3) is 0 Å². The number of rotatable bonds is 4. The largest absolute Gasteiger partial charge is 0.373 e. The standard InChI is InChI=1S/C17H22ClNO2S/c18-13-4-6-15(7-5-13)22-12-16(20)19-14-10-17(21-11-14)8-2-1-3-9-17/h4-7,14H,1-3,8-12H2,(H,19,20)/t14-/m0/s1. The van der Waals surface area contributed by atoms with E-state index in [4.69, 9.17) is 16.3 Å². The summed E-state index contributed by atoms with van der Waals surface area (Å²) in [6.45, 7) is 0.664. The highest BCUT2D eigenvalue weighted by atomic mass is 35.5. The molecule has 5 heteroatoms. The molecule has 1 aromatic rings. The van der Waals surface area contributed by atoms with Crippen LogP contribution >= 0.6 is 23.4 Å². The van der Waals surface area contributed by atoms with Crippen LogP contribution in [0.25, 0.3) is 0 Å². The molecule has 1 saturated carbocycles. The second kappa shape index (κ2) is 7.24. The van der Waals surface area contributed by atoms with Crippen LogP contribution in [0.15, 0.2) is 29.2 Å². The van der Waals surface area contributed by atoms with Crippen molar-refractivity contribution in [3.05, 3.63) is 29.3 Å². The molecule has 0 bridgehead atoms. The van der Waals surface area contributed by atoms with Gasteiger partial charge in [-0.1, -0.05) is 30.9 Å². The van der Waals surface area contributed by atoms with Gasteiger partial charge in [0.1, 0.15) is 0 Å². The fourth-order valence-electron chi connectivity index (χ4n) is 3.43. The summed E-state index contributed by atoms with van der Waals surface area (Å²) in [5.74, 6) is 0.520. The molecule has 1 atom stereocenters. The number of carbonyl (C=O) groups excluding carboxylic acids is 1. The Balaban J connectivity index is 1.43. The minimum atomic E-state index is 0.0551. The van der Waals surface area contributed by atoms with Crippen molar-refractivity contribution in [2.24, 2.45) is 0 Å². The van der Waals surface area contributed by atoms with Gasteiger partial charge in [-0.3, -0.25) is 4.79 Å². The van der Waals surface area contributed by atoms with Crippen LogP contribution in [-0.2, 0) is 9.53 Å². The lowest BCUT2D eigenvalue weighted by Gasteiger charge is -2.32. The molecule has 2 fully saturated rings. The van der Waals surface area contributed by atoms with Gasteiger partial charge in [-0.15, -0.1) is 11.8 Å². The fraction of sp³-hybridized carbons (Fsp3) is 0.588. The lowest BCUT2D eigenvalue weighted by Crippen LogP contribution is -2.38. The maximum absolute atomic E-state index is 12.1. The van der Waals surface area contributed by atoms with Crippen molar-refractivity contribution in [1.29, 1.82) is 0 Å². The number of amides is 1. The van der Waals surface area contributed by atoms with Crippen molar-refractivity contribution in [2.45, 2.75) is 55.1 Å². The Labute approximate surface area is 141 Å². The Kier molecular flexibility index (Phi) is 5.32. The summed E-state index contributed by atoms with van der Waals surface area (Å²) in [6, 6.07) is 7.75. The number of hydrogen-bond acceptors (Lipinski definition) is 3. The highest BCUT2D eigenvalue weighted by Gasteiger charge is 2.41. The van der Waals surface area contributed by atoms with E-state index in [9.17, 15) is 4.79 Å². The molecule has 1 spiro atoms. The first-order chi connectivity index (χ1) is 10.7. The first kappa shape index (κ1) is 16.2. The number of ether oxygens (including phenoxy) is 1. The highest BCUT2D eigenvalue weighted by molar-refractivity contribution is 8.00. The van der Waals surface area contributed by atoms with E-state index in [0.29, 0.717) is 12.4 Å². The van der Waals surface area contributed by atoms with Gasteiger partial charge >= 0.3 is 0 Å². The SMILES string of the molecule is O=C(CSc1ccc(Cl)cc1)N[C@@H]1COC2(CCCCC2)C1. The molecule has 2 aliphatic rings. The third kappa shape index (κ3) is 4.18. The van der Waals surface area contributed by atoms with Crippen LogP contribution in [-0.4, -0.2) is 29.9 Å². The zero-order chi connectivity index (χ0) is 15.4. The molecule has 3 rings (SSSR count). The van der Waals surface area contributed by atoms with E-state index in [-0.39, 0.29) is 17.6 Å². The zero-order valence-corrected chi connectivity index (χ0v) is 14.2. The molecule has 0 unspecified atom stereocenters. The third-order valence-corrected chi connectivity index (χ3v) is 5.79. The molecule has 1 heterocycles. The quantitative estimate of drug-likeness (QED) is 0.841. The second-order valence-corrected chi connectivity index (χ2v) is 7.75. The average Bonchev–Trinajstić information content (AvgIpc) is 2.89. The lowest BCUT2D eigenvalue weighted by atomic mass is 9.82. The first-order valence-corrected chi connectivity index (χ1v) is 9.33. The van der Waals surface area contributed by atoms with Crippen LogP contribution in [0.2, 0.25) is 5.02 Å². The van der Waals surface area contributed by atoms with Gasteiger partial charge in [0.15, 0.2) is 0 Å². The van der Waals surface area contributed by atoms with E-state index in [2.05, 4.69) is 5.32 Å². The minimum absolute atomic E-state index is 0.0551. The Bertz CT molecular complexity index is 514. The monoisotopic (exact) mass is 339 g/mol. The summed E-state index contributed by atoms with van der Waals surface area (Å²) in [4.78, 5) is 13.2. The van der Waals surface area contributed by atoms with Gasteiger partial charge in [-0.25, -0.2) is 0 Å². The molecular weight excluding hydrogens is 318 g/mol. The van der Waals surface area contributed by atoms with Gasteiger partial charge in [0.05, 0.1) is 24.0 Å². The zero-order valence-electron chi connectivity index (χ0n) is 12.6. The molecular formula is C17H22ClNO2S. The number of carbonyl (C=O) groups is 1. The number of hydrogen-bond donors (Lipinski definition) is 1. The van der Waals surface area contributed by atoms with Gasteiger partial charge in [-0.2, -0.15) is 0 Å². The van der Waals surface area contributed by atoms with E-state index in [1.165, 1.54) is 31.0 Å². The van der Waals surface area contributed by atoms with Crippen LogP contribution in [0.4, 0.5) is 0 Å². The molecule has 1 saturated heterocycles. The van der Waals surface area contributed by atoms with Crippen LogP contribution in [0, 0.1) is 0 Å². The van der Waals surface area contributed by atoms with Gasteiger partial charge in [0.2, 0.25) is 5.91 Å². The van der Waals surface area contributed by atoms with E-state index >= 15 is 0 Å². The van der Waals surface area contributed by atoms with Crippen LogP contribution in [0.5, 0.6) is 0 Å². The molecule has 1 aliphatic heterocycles. The van der Waals surface area contributed by atoms with E-state index in [1.807, 2.05) is 24.3 Å². The first-order valence-electron chi connectivity index (χ1n) is 7.97. The molecule has 0 aromatic heterocycles. The normalized spacial score (nSPS) is 23.6. The minimum Gasteiger partial charge on any atom is -0.373 e. The predicted octanol–water partition coefficient (Wildman–Crippen LogP) is 4.04. The predicted molar refractivity (Wildman–Crippen MR) is 90.5 cm³/mol. The maximum atomic E-state index is 12.1. The Morgan fingerprint density at radius 3 is 2.73 bits per heavy atom.